The predicted octanol–water partition coefficient (Wildman–Crippen LogP) is 4.90. The molecule has 0 amide bonds. The minimum absolute atomic E-state index is 0.296. The van der Waals surface area contributed by atoms with Crippen LogP contribution >= 0.6 is 0 Å². The zero-order valence-electron chi connectivity index (χ0n) is 12.4. The molecule has 2 aromatic carbocycles. The smallest absolute Gasteiger partial charge is 0.135 e. The summed E-state index contributed by atoms with van der Waals surface area (Å²) < 4.78 is 5.91. The van der Waals surface area contributed by atoms with Crippen LogP contribution in [0.15, 0.2) is 28.7 Å². The average molecular weight is 284 g/mol. The van der Waals surface area contributed by atoms with Crippen LogP contribution in [-0.2, 0) is 12.8 Å². The van der Waals surface area contributed by atoms with Crippen molar-refractivity contribution in [2.75, 3.05) is 0 Å². The molecule has 3 aromatic rings. The van der Waals surface area contributed by atoms with E-state index in [0.29, 0.717) is 11.5 Å². The molecule has 3 nitrogen and oxygen atoms in total. The van der Waals surface area contributed by atoms with Crippen molar-refractivity contribution in [2.24, 2.45) is 0 Å². The van der Waals surface area contributed by atoms with Gasteiger partial charge in [0.1, 0.15) is 22.7 Å². The molecule has 0 spiro atoms. The summed E-state index contributed by atoms with van der Waals surface area (Å²) >= 11 is 0. The number of phenolic OH excluding ortho intramolecular Hbond substituents is 2. The molecule has 0 saturated heterocycles. The Morgan fingerprint density at radius 2 is 1.19 bits per heavy atom. The highest BCUT2D eigenvalue weighted by atomic mass is 16.3. The van der Waals surface area contributed by atoms with Gasteiger partial charge in [-0.25, -0.2) is 0 Å². The number of phenols is 2. The van der Waals surface area contributed by atoms with E-state index < -0.39 is 0 Å². The number of aromatic hydroxyl groups is 2. The molecule has 1 aromatic heterocycles. The molecule has 0 bridgehead atoms. The zero-order valence-corrected chi connectivity index (χ0v) is 12.4. The molecule has 0 fully saturated rings. The number of hydrogen-bond donors (Lipinski definition) is 2. The maximum Gasteiger partial charge on any atom is 0.135 e. The van der Waals surface area contributed by atoms with Gasteiger partial charge in [-0.15, -0.1) is 0 Å². The Hall–Kier alpha value is -2.16. The van der Waals surface area contributed by atoms with Crippen molar-refractivity contribution in [2.45, 2.75) is 39.5 Å². The Kier molecular flexibility index (Phi) is 3.50. The van der Waals surface area contributed by atoms with E-state index in [1.165, 1.54) is 0 Å². The fourth-order valence-electron chi connectivity index (χ4n) is 2.87. The molecule has 0 aliphatic rings. The Labute approximate surface area is 123 Å². The summed E-state index contributed by atoms with van der Waals surface area (Å²) in [5.74, 6) is 0.591. The second-order valence-electron chi connectivity index (χ2n) is 5.56. The molecule has 3 heteroatoms. The van der Waals surface area contributed by atoms with Crippen LogP contribution in [0.2, 0.25) is 0 Å². The Balaban J connectivity index is 2.24. The van der Waals surface area contributed by atoms with Crippen LogP contribution in [0.1, 0.15) is 37.8 Å². The summed E-state index contributed by atoms with van der Waals surface area (Å²) in [6.07, 6.45) is 3.60. The highest BCUT2D eigenvalue weighted by Gasteiger charge is 2.13. The lowest BCUT2D eigenvalue weighted by Crippen LogP contribution is -1.84. The van der Waals surface area contributed by atoms with Gasteiger partial charge >= 0.3 is 0 Å². The molecule has 0 saturated carbocycles. The molecule has 110 valence electrons. The SMILES string of the molecule is CCCc1cc2oc3cc(CCC)c(O)cc3c2cc1O. The first-order valence-corrected chi connectivity index (χ1v) is 7.54. The normalized spacial score (nSPS) is 11.5. The monoisotopic (exact) mass is 284 g/mol. The molecule has 21 heavy (non-hydrogen) atoms. The van der Waals surface area contributed by atoms with Crippen molar-refractivity contribution >= 4 is 21.9 Å². The van der Waals surface area contributed by atoms with Crippen molar-refractivity contribution in [3.05, 3.63) is 35.4 Å². The lowest BCUT2D eigenvalue weighted by molar-refractivity contribution is 0.467. The fraction of sp³-hybridized carbons (Fsp3) is 0.333. The summed E-state index contributed by atoms with van der Waals surface area (Å²) in [6.45, 7) is 4.16. The van der Waals surface area contributed by atoms with Gasteiger partial charge in [-0.3, -0.25) is 0 Å². The molecule has 2 N–H and O–H groups in total. The van der Waals surface area contributed by atoms with Crippen LogP contribution in [0.25, 0.3) is 21.9 Å². The molecule has 0 atom stereocenters. The lowest BCUT2D eigenvalue weighted by atomic mass is 10.0. The fourth-order valence-corrected chi connectivity index (χ4v) is 2.87. The van der Waals surface area contributed by atoms with E-state index in [0.717, 1.165) is 58.7 Å². The van der Waals surface area contributed by atoms with E-state index in [-0.39, 0.29) is 0 Å². The molecule has 0 radical (unpaired) electrons. The Morgan fingerprint density at radius 1 is 0.762 bits per heavy atom. The van der Waals surface area contributed by atoms with E-state index in [1.54, 1.807) is 12.1 Å². The largest absolute Gasteiger partial charge is 0.508 e. The number of furan rings is 1. The molecule has 0 aliphatic heterocycles. The van der Waals surface area contributed by atoms with Crippen molar-refractivity contribution in [1.82, 2.24) is 0 Å². The van der Waals surface area contributed by atoms with Crippen molar-refractivity contribution in [1.29, 1.82) is 0 Å². The maximum atomic E-state index is 10.1. The quantitative estimate of drug-likeness (QED) is 0.716. The third-order valence-corrected chi connectivity index (χ3v) is 3.91. The minimum Gasteiger partial charge on any atom is -0.508 e. The summed E-state index contributed by atoms with van der Waals surface area (Å²) in [5.41, 5.74) is 3.34. The van der Waals surface area contributed by atoms with Crippen LogP contribution in [0.5, 0.6) is 11.5 Å². The Bertz CT molecular complexity index is 733. The molecule has 1 heterocycles. The van der Waals surface area contributed by atoms with Crippen molar-refractivity contribution < 1.29 is 14.6 Å². The first-order chi connectivity index (χ1) is 10.1. The molecule has 0 aliphatic carbocycles. The highest BCUT2D eigenvalue weighted by Crippen LogP contribution is 2.37. The van der Waals surface area contributed by atoms with Crippen molar-refractivity contribution in [3.63, 3.8) is 0 Å². The first-order valence-electron chi connectivity index (χ1n) is 7.54. The zero-order chi connectivity index (χ0) is 15.0. The van der Waals surface area contributed by atoms with E-state index >= 15 is 0 Å². The van der Waals surface area contributed by atoms with Crippen molar-refractivity contribution in [3.8, 4) is 11.5 Å². The van der Waals surface area contributed by atoms with Crippen LogP contribution in [-0.4, -0.2) is 10.2 Å². The van der Waals surface area contributed by atoms with Gasteiger partial charge < -0.3 is 14.6 Å². The summed E-state index contributed by atoms with van der Waals surface area (Å²) in [4.78, 5) is 0. The summed E-state index contributed by atoms with van der Waals surface area (Å²) in [5, 5.41) is 21.9. The lowest BCUT2D eigenvalue weighted by Gasteiger charge is -2.03. The van der Waals surface area contributed by atoms with Gasteiger partial charge in [0, 0.05) is 10.8 Å². The van der Waals surface area contributed by atoms with Crippen LogP contribution in [0.3, 0.4) is 0 Å². The van der Waals surface area contributed by atoms with Gasteiger partial charge in [0.05, 0.1) is 0 Å². The topological polar surface area (TPSA) is 53.6 Å². The predicted molar refractivity (Wildman–Crippen MR) is 85.0 cm³/mol. The van der Waals surface area contributed by atoms with E-state index in [1.807, 2.05) is 12.1 Å². The van der Waals surface area contributed by atoms with Gasteiger partial charge in [0.25, 0.3) is 0 Å². The summed E-state index contributed by atoms with van der Waals surface area (Å²) in [7, 11) is 0. The second-order valence-corrected chi connectivity index (χ2v) is 5.56. The standard InChI is InChI=1S/C18H20O3/c1-3-5-11-7-17-13(9-15(11)19)14-10-16(20)12(6-4-2)8-18(14)21-17/h7-10,19-20H,3-6H2,1-2H3. The average Bonchev–Trinajstić information content (AvgIpc) is 2.77. The number of aryl methyl sites for hydroxylation is 2. The molecule has 3 rings (SSSR count). The van der Waals surface area contributed by atoms with E-state index in [4.69, 9.17) is 4.42 Å². The van der Waals surface area contributed by atoms with Gasteiger partial charge in [-0.2, -0.15) is 0 Å². The molecular formula is C18H20O3. The molecule has 0 unspecified atom stereocenters. The van der Waals surface area contributed by atoms with Crippen LogP contribution < -0.4 is 0 Å². The van der Waals surface area contributed by atoms with Gasteiger partial charge in [-0.05, 0) is 48.2 Å². The van der Waals surface area contributed by atoms with Gasteiger partial charge in [0.2, 0.25) is 0 Å². The van der Waals surface area contributed by atoms with Gasteiger partial charge in [-0.1, -0.05) is 26.7 Å². The number of hydrogen-bond acceptors (Lipinski definition) is 3. The highest BCUT2D eigenvalue weighted by molar-refractivity contribution is 6.06. The number of fused-ring (bicyclic) bond motifs is 3. The Morgan fingerprint density at radius 3 is 1.57 bits per heavy atom. The minimum atomic E-state index is 0.296. The van der Waals surface area contributed by atoms with Crippen LogP contribution in [0, 0.1) is 0 Å². The first kappa shape index (κ1) is 13.8. The maximum absolute atomic E-state index is 10.1. The second kappa shape index (κ2) is 5.32. The van der Waals surface area contributed by atoms with E-state index in [2.05, 4.69) is 13.8 Å². The third-order valence-electron chi connectivity index (χ3n) is 3.91. The number of rotatable bonds is 4. The van der Waals surface area contributed by atoms with Crippen LogP contribution in [0.4, 0.5) is 0 Å². The molecular weight excluding hydrogens is 264 g/mol. The van der Waals surface area contributed by atoms with E-state index in [9.17, 15) is 10.2 Å². The number of benzene rings is 2. The summed E-state index contributed by atoms with van der Waals surface area (Å²) in [6, 6.07) is 7.30. The third kappa shape index (κ3) is 2.33. The van der Waals surface area contributed by atoms with Gasteiger partial charge in [0.15, 0.2) is 0 Å².